The average molecular weight is 500 g/mol. The molecule has 0 aliphatic heterocycles. The summed E-state index contributed by atoms with van der Waals surface area (Å²) in [5, 5.41) is 17.0. The Morgan fingerprint density at radius 3 is 2.32 bits per heavy atom. The van der Waals surface area contributed by atoms with Gasteiger partial charge in [-0.1, -0.05) is 38.1 Å². The Kier molecular flexibility index (Phi) is 8.78. The number of hydrogen-bond acceptors (Lipinski definition) is 8. The van der Waals surface area contributed by atoms with E-state index in [1.165, 1.54) is 0 Å². The van der Waals surface area contributed by atoms with Crippen molar-refractivity contribution in [2.75, 3.05) is 44.0 Å². The molecule has 0 unspecified atom stereocenters. The second-order valence-electron chi connectivity index (χ2n) is 8.33. The summed E-state index contributed by atoms with van der Waals surface area (Å²) >= 11 is 0. The van der Waals surface area contributed by atoms with Crippen molar-refractivity contribution in [2.24, 2.45) is 0 Å². The van der Waals surface area contributed by atoms with Gasteiger partial charge in [-0.05, 0) is 61.6 Å². The van der Waals surface area contributed by atoms with Crippen LogP contribution in [-0.2, 0) is 0 Å². The molecule has 0 spiro atoms. The molecular formula is C29H33N5O3. The molecule has 0 aliphatic carbocycles. The monoisotopic (exact) mass is 499 g/mol. The lowest BCUT2D eigenvalue weighted by atomic mass is 10.1. The van der Waals surface area contributed by atoms with Gasteiger partial charge in [0.25, 0.3) is 0 Å². The first-order valence-electron chi connectivity index (χ1n) is 12.4. The zero-order chi connectivity index (χ0) is 26.0. The Morgan fingerprint density at radius 1 is 0.865 bits per heavy atom. The van der Waals surface area contributed by atoms with Gasteiger partial charge in [-0.25, -0.2) is 4.98 Å². The molecule has 3 aromatic carbocycles. The van der Waals surface area contributed by atoms with Crippen molar-refractivity contribution in [3.63, 3.8) is 0 Å². The van der Waals surface area contributed by atoms with Gasteiger partial charge >= 0.3 is 0 Å². The van der Waals surface area contributed by atoms with Crippen molar-refractivity contribution in [3.05, 3.63) is 78.9 Å². The predicted molar refractivity (Wildman–Crippen MR) is 148 cm³/mol. The molecule has 8 heteroatoms. The summed E-state index contributed by atoms with van der Waals surface area (Å²) in [4.78, 5) is 11.6. The van der Waals surface area contributed by atoms with E-state index in [0.29, 0.717) is 35.4 Å². The largest absolute Gasteiger partial charge is 0.507 e. The van der Waals surface area contributed by atoms with Crippen LogP contribution in [0.25, 0.3) is 11.3 Å². The molecule has 192 valence electrons. The van der Waals surface area contributed by atoms with Crippen molar-refractivity contribution >= 4 is 23.1 Å². The maximum atomic E-state index is 10.4. The van der Waals surface area contributed by atoms with E-state index in [9.17, 15) is 5.11 Å². The molecule has 1 heterocycles. The molecule has 0 atom stereocenters. The van der Waals surface area contributed by atoms with Gasteiger partial charge in [0.2, 0.25) is 5.95 Å². The van der Waals surface area contributed by atoms with Gasteiger partial charge in [-0.3, -0.25) is 0 Å². The minimum Gasteiger partial charge on any atom is -0.507 e. The maximum Gasteiger partial charge on any atom is 0.229 e. The van der Waals surface area contributed by atoms with Gasteiger partial charge in [-0.15, -0.1) is 0 Å². The minimum atomic E-state index is 0.140. The van der Waals surface area contributed by atoms with Gasteiger partial charge in [0.15, 0.2) is 0 Å². The van der Waals surface area contributed by atoms with Crippen LogP contribution in [0.15, 0.2) is 78.9 Å². The van der Waals surface area contributed by atoms with Gasteiger partial charge in [-0.2, -0.15) is 4.98 Å². The molecule has 4 rings (SSSR count). The fraction of sp³-hybridized carbons (Fsp3) is 0.241. The quantitative estimate of drug-likeness (QED) is 0.216. The Labute approximate surface area is 217 Å². The Hall–Kier alpha value is -4.30. The Morgan fingerprint density at radius 2 is 1.59 bits per heavy atom. The summed E-state index contributed by atoms with van der Waals surface area (Å²) in [5.41, 5.74) is 2.76. The first-order chi connectivity index (χ1) is 18.1. The van der Waals surface area contributed by atoms with Crippen molar-refractivity contribution in [1.29, 1.82) is 0 Å². The van der Waals surface area contributed by atoms with E-state index in [2.05, 4.69) is 39.3 Å². The molecule has 0 fully saturated rings. The minimum absolute atomic E-state index is 0.140. The number of likely N-dealkylation sites (N-methyl/N-ethyl adjacent to an activating group) is 1. The van der Waals surface area contributed by atoms with E-state index in [0.717, 1.165) is 36.8 Å². The van der Waals surface area contributed by atoms with Crippen LogP contribution < -0.4 is 20.1 Å². The molecule has 3 N–H and O–H groups in total. The summed E-state index contributed by atoms with van der Waals surface area (Å²) in [6.07, 6.45) is 0. The number of ether oxygens (including phenoxy) is 2. The summed E-state index contributed by atoms with van der Waals surface area (Å²) in [7, 11) is 1.62. The summed E-state index contributed by atoms with van der Waals surface area (Å²) < 4.78 is 11.4. The smallest absolute Gasteiger partial charge is 0.229 e. The third kappa shape index (κ3) is 6.89. The molecule has 0 saturated heterocycles. The van der Waals surface area contributed by atoms with Crippen LogP contribution in [0.4, 0.5) is 23.1 Å². The number of rotatable bonds is 12. The molecular weight excluding hydrogens is 466 g/mol. The van der Waals surface area contributed by atoms with E-state index in [-0.39, 0.29) is 5.75 Å². The molecule has 0 bridgehead atoms. The molecule has 8 nitrogen and oxygen atoms in total. The molecule has 1 aromatic heterocycles. The number of anilines is 4. The SMILES string of the molecule is CCN(CC)CCOc1ccc(Nc2nc(Nc3ccccc3OC)cc(-c3ccccc3O)n2)cc1. The van der Waals surface area contributed by atoms with Crippen molar-refractivity contribution in [2.45, 2.75) is 13.8 Å². The lowest BCUT2D eigenvalue weighted by molar-refractivity contribution is 0.223. The second-order valence-corrected chi connectivity index (χ2v) is 8.33. The average Bonchev–Trinajstić information content (AvgIpc) is 2.92. The fourth-order valence-corrected chi connectivity index (χ4v) is 3.88. The molecule has 37 heavy (non-hydrogen) atoms. The Bertz CT molecular complexity index is 1290. The number of nitrogens with one attached hydrogen (secondary N) is 2. The van der Waals surface area contributed by atoms with Gasteiger partial charge < -0.3 is 30.1 Å². The number of aromatic hydroxyl groups is 1. The van der Waals surface area contributed by atoms with E-state index < -0.39 is 0 Å². The van der Waals surface area contributed by atoms with Crippen LogP contribution in [0.1, 0.15) is 13.8 Å². The van der Waals surface area contributed by atoms with E-state index in [4.69, 9.17) is 9.47 Å². The lowest BCUT2D eigenvalue weighted by Gasteiger charge is -2.18. The molecule has 0 amide bonds. The standard InChI is InChI=1S/C29H33N5O3/c1-4-34(5-2)18-19-37-22-16-14-21(15-17-22)30-29-32-25(23-10-6-8-12-26(23)35)20-28(33-29)31-24-11-7-9-13-27(24)36-3/h6-17,20,35H,4-5,18-19H2,1-3H3,(H2,30,31,32,33). The summed E-state index contributed by atoms with van der Waals surface area (Å²) in [5.74, 6) is 2.57. The van der Waals surface area contributed by atoms with Crippen molar-refractivity contribution < 1.29 is 14.6 Å². The highest BCUT2D eigenvalue weighted by molar-refractivity contribution is 5.73. The third-order valence-corrected chi connectivity index (χ3v) is 5.96. The molecule has 0 radical (unpaired) electrons. The highest BCUT2D eigenvalue weighted by Gasteiger charge is 2.12. The topological polar surface area (TPSA) is 91.8 Å². The van der Waals surface area contributed by atoms with Crippen LogP contribution in [0.3, 0.4) is 0 Å². The van der Waals surface area contributed by atoms with E-state index in [1.807, 2.05) is 60.7 Å². The number of methoxy groups -OCH3 is 1. The van der Waals surface area contributed by atoms with E-state index >= 15 is 0 Å². The second kappa shape index (κ2) is 12.6. The van der Waals surface area contributed by atoms with Crippen LogP contribution in [0.5, 0.6) is 17.2 Å². The van der Waals surface area contributed by atoms with Gasteiger partial charge in [0.05, 0.1) is 18.5 Å². The zero-order valence-electron chi connectivity index (χ0n) is 21.4. The number of aromatic nitrogens is 2. The van der Waals surface area contributed by atoms with Crippen LogP contribution >= 0.6 is 0 Å². The van der Waals surface area contributed by atoms with Crippen LogP contribution in [-0.4, -0.2) is 53.3 Å². The Balaban J connectivity index is 1.56. The predicted octanol–water partition coefficient (Wildman–Crippen LogP) is 6.07. The molecule has 0 aliphatic rings. The molecule has 0 saturated carbocycles. The normalized spacial score (nSPS) is 10.8. The zero-order valence-corrected chi connectivity index (χ0v) is 21.4. The molecule has 4 aromatic rings. The number of benzene rings is 3. The number of hydrogen-bond donors (Lipinski definition) is 3. The van der Waals surface area contributed by atoms with Gasteiger partial charge in [0.1, 0.15) is 29.7 Å². The van der Waals surface area contributed by atoms with Crippen LogP contribution in [0, 0.1) is 0 Å². The highest BCUT2D eigenvalue weighted by Crippen LogP contribution is 2.32. The number of para-hydroxylation sites is 3. The van der Waals surface area contributed by atoms with E-state index in [1.54, 1.807) is 25.3 Å². The van der Waals surface area contributed by atoms with Gasteiger partial charge in [0, 0.05) is 23.9 Å². The first kappa shape index (κ1) is 25.8. The van der Waals surface area contributed by atoms with Crippen LogP contribution in [0.2, 0.25) is 0 Å². The number of nitrogens with zero attached hydrogens (tertiary/aromatic N) is 3. The fourth-order valence-electron chi connectivity index (χ4n) is 3.88. The van der Waals surface area contributed by atoms with Crippen molar-refractivity contribution in [3.8, 4) is 28.5 Å². The summed E-state index contributed by atoms with van der Waals surface area (Å²) in [6.45, 7) is 7.85. The van der Waals surface area contributed by atoms with Crippen molar-refractivity contribution in [1.82, 2.24) is 14.9 Å². The number of phenolic OH excluding ortho intramolecular Hbond substituents is 1. The summed E-state index contributed by atoms with van der Waals surface area (Å²) in [6, 6.07) is 24.2. The highest BCUT2D eigenvalue weighted by atomic mass is 16.5. The maximum absolute atomic E-state index is 10.4. The first-order valence-corrected chi connectivity index (χ1v) is 12.4. The third-order valence-electron chi connectivity index (χ3n) is 5.96. The lowest BCUT2D eigenvalue weighted by Crippen LogP contribution is -2.27. The number of phenols is 1.